The molecule has 1 aliphatic rings. The monoisotopic (exact) mass is 280 g/mol. The van der Waals surface area contributed by atoms with Crippen LogP contribution in [-0.4, -0.2) is 72.9 Å². The van der Waals surface area contributed by atoms with Crippen LogP contribution >= 0.6 is 0 Å². The van der Waals surface area contributed by atoms with Crippen LogP contribution in [0.1, 0.15) is 12.8 Å². The average molecular weight is 280 g/mol. The number of nitrogens with zero attached hydrogens (tertiary/aromatic N) is 4. The highest BCUT2D eigenvalue weighted by atomic mass is 16.5. The van der Waals surface area contributed by atoms with E-state index in [1.807, 2.05) is 17.0 Å². The van der Waals surface area contributed by atoms with E-state index in [2.05, 4.69) is 0 Å². The molecule has 20 heavy (non-hydrogen) atoms. The summed E-state index contributed by atoms with van der Waals surface area (Å²) in [5.74, 6) is -0.115. The smallest absolute Gasteiger partial charge is 0.236 e. The van der Waals surface area contributed by atoms with Gasteiger partial charge < -0.3 is 14.7 Å². The van der Waals surface area contributed by atoms with Crippen LogP contribution in [0.5, 0.6) is 0 Å². The molecule has 1 aliphatic heterocycles. The lowest BCUT2D eigenvalue weighted by molar-refractivity contribution is -0.135. The normalized spacial score (nSPS) is 19.1. The molecule has 7 heteroatoms. The molecule has 7 nitrogen and oxygen atoms in total. The summed E-state index contributed by atoms with van der Waals surface area (Å²) >= 11 is 0. The van der Waals surface area contributed by atoms with E-state index in [-0.39, 0.29) is 37.9 Å². The first-order valence-corrected chi connectivity index (χ1v) is 6.67. The van der Waals surface area contributed by atoms with Gasteiger partial charge in [-0.25, -0.2) is 0 Å². The number of rotatable bonds is 7. The minimum absolute atomic E-state index is 0.0519. The summed E-state index contributed by atoms with van der Waals surface area (Å²) in [5.41, 5.74) is 0. The van der Waals surface area contributed by atoms with Crippen molar-refractivity contribution in [2.75, 3.05) is 46.0 Å². The Labute approximate surface area is 118 Å². The predicted octanol–water partition coefficient (Wildman–Crippen LogP) is -0.665. The Balaban J connectivity index is 2.55. The second-order valence-corrected chi connectivity index (χ2v) is 4.58. The summed E-state index contributed by atoms with van der Waals surface area (Å²) in [5, 5.41) is 26.5. The molecule has 0 spiro atoms. The van der Waals surface area contributed by atoms with Gasteiger partial charge in [-0.15, -0.1) is 0 Å². The molecule has 110 valence electrons. The second kappa shape index (κ2) is 9.27. The van der Waals surface area contributed by atoms with E-state index >= 15 is 0 Å². The van der Waals surface area contributed by atoms with E-state index in [1.54, 1.807) is 0 Å². The van der Waals surface area contributed by atoms with Gasteiger partial charge in [-0.05, 0) is 0 Å². The maximum Gasteiger partial charge on any atom is 0.236 e. The maximum atomic E-state index is 12.2. The molecular formula is C13H20N4O3. The van der Waals surface area contributed by atoms with Gasteiger partial charge in [0.15, 0.2) is 0 Å². The SMILES string of the molecule is N#CCCN(CCC#N)C(=O)CN1CCOCC1CO. The topological polar surface area (TPSA) is 101 Å². The first-order chi connectivity index (χ1) is 9.72. The number of morpholine rings is 1. The third-order valence-corrected chi connectivity index (χ3v) is 3.24. The largest absolute Gasteiger partial charge is 0.395 e. The number of hydrogen-bond acceptors (Lipinski definition) is 6. The van der Waals surface area contributed by atoms with E-state index in [4.69, 9.17) is 15.3 Å². The van der Waals surface area contributed by atoms with Crippen molar-refractivity contribution in [3.05, 3.63) is 0 Å². The van der Waals surface area contributed by atoms with Crippen molar-refractivity contribution in [2.24, 2.45) is 0 Å². The molecule has 0 aromatic heterocycles. The molecule has 0 aromatic rings. The molecule has 0 aromatic carbocycles. The predicted molar refractivity (Wildman–Crippen MR) is 70.3 cm³/mol. The number of amides is 1. The highest BCUT2D eigenvalue weighted by molar-refractivity contribution is 5.78. The molecule has 1 N–H and O–H groups in total. The third-order valence-electron chi connectivity index (χ3n) is 3.24. The Bertz CT molecular complexity index is 370. The van der Waals surface area contributed by atoms with E-state index in [9.17, 15) is 9.90 Å². The Morgan fingerprint density at radius 1 is 1.35 bits per heavy atom. The number of hydrogen-bond donors (Lipinski definition) is 1. The van der Waals surface area contributed by atoms with Crippen molar-refractivity contribution in [2.45, 2.75) is 18.9 Å². The highest BCUT2D eigenvalue weighted by Crippen LogP contribution is 2.07. The van der Waals surface area contributed by atoms with Crippen LogP contribution in [0.4, 0.5) is 0 Å². The fourth-order valence-corrected chi connectivity index (χ4v) is 2.07. The summed E-state index contributed by atoms with van der Waals surface area (Å²) < 4.78 is 5.26. The quantitative estimate of drug-likeness (QED) is 0.664. The van der Waals surface area contributed by atoms with Crippen LogP contribution in [-0.2, 0) is 9.53 Å². The second-order valence-electron chi connectivity index (χ2n) is 4.58. The Hall–Kier alpha value is -1.67. The highest BCUT2D eigenvalue weighted by Gasteiger charge is 2.25. The standard InChI is InChI=1S/C13H20N4O3/c14-3-1-5-16(6-2-4-15)13(19)9-17-7-8-20-11-12(17)10-18/h12,18H,1-2,5-11H2. The van der Waals surface area contributed by atoms with Gasteiger partial charge in [0, 0.05) is 19.6 Å². The van der Waals surface area contributed by atoms with Gasteiger partial charge in [-0.3, -0.25) is 9.69 Å². The molecule has 0 aliphatic carbocycles. The fraction of sp³-hybridized carbons (Fsp3) is 0.769. The molecule has 0 saturated carbocycles. The van der Waals surface area contributed by atoms with E-state index in [1.165, 1.54) is 4.90 Å². The van der Waals surface area contributed by atoms with Gasteiger partial charge in [-0.1, -0.05) is 0 Å². The zero-order valence-electron chi connectivity index (χ0n) is 11.5. The van der Waals surface area contributed by atoms with Crippen LogP contribution in [0, 0.1) is 22.7 Å². The Kier molecular flexibility index (Phi) is 7.59. The maximum absolute atomic E-state index is 12.2. The molecule has 1 unspecified atom stereocenters. The number of aliphatic hydroxyl groups excluding tert-OH is 1. The number of ether oxygens (including phenoxy) is 1. The van der Waals surface area contributed by atoms with Crippen LogP contribution in [0.15, 0.2) is 0 Å². The minimum atomic E-state index is -0.165. The summed E-state index contributed by atoms with van der Waals surface area (Å²) in [6.07, 6.45) is 0.507. The zero-order valence-corrected chi connectivity index (χ0v) is 11.5. The van der Waals surface area contributed by atoms with Gasteiger partial charge in [-0.2, -0.15) is 10.5 Å². The Morgan fingerprint density at radius 3 is 2.55 bits per heavy atom. The third kappa shape index (κ3) is 5.14. The van der Waals surface area contributed by atoms with Crippen molar-refractivity contribution in [1.82, 2.24) is 9.80 Å². The summed E-state index contributed by atoms with van der Waals surface area (Å²) in [7, 11) is 0. The van der Waals surface area contributed by atoms with E-state index in [0.717, 1.165) is 0 Å². The molecular weight excluding hydrogens is 260 g/mol. The summed E-state index contributed by atoms with van der Waals surface area (Å²) in [6.45, 7) is 2.37. The van der Waals surface area contributed by atoms with Gasteiger partial charge in [0.25, 0.3) is 0 Å². The summed E-state index contributed by atoms with van der Waals surface area (Å²) in [4.78, 5) is 15.7. The van der Waals surface area contributed by atoms with Crippen LogP contribution < -0.4 is 0 Å². The first kappa shape index (κ1) is 16.4. The van der Waals surface area contributed by atoms with Gasteiger partial charge in [0.05, 0.1) is 57.4 Å². The number of carbonyl (C=O) groups excluding carboxylic acids is 1. The zero-order chi connectivity index (χ0) is 14.8. The molecule has 1 saturated heterocycles. The first-order valence-electron chi connectivity index (χ1n) is 6.67. The molecule has 0 radical (unpaired) electrons. The lowest BCUT2D eigenvalue weighted by atomic mass is 10.2. The lowest BCUT2D eigenvalue weighted by Gasteiger charge is -2.35. The van der Waals surface area contributed by atoms with Crippen molar-refractivity contribution < 1.29 is 14.6 Å². The van der Waals surface area contributed by atoms with Crippen molar-refractivity contribution in [1.29, 1.82) is 10.5 Å². The average Bonchev–Trinajstić information content (AvgIpc) is 2.47. The minimum Gasteiger partial charge on any atom is -0.395 e. The Morgan fingerprint density at radius 2 is 2.00 bits per heavy atom. The molecule has 1 atom stereocenters. The van der Waals surface area contributed by atoms with E-state index in [0.29, 0.717) is 32.8 Å². The molecule has 1 fully saturated rings. The van der Waals surface area contributed by atoms with Crippen LogP contribution in [0.25, 0.3) is 0 Å². The molecule has 0 bridgehead atoms. The molecule has 1 heterocycles. The van der Waals surface area contributed by atoms with Crippen molar-refractivity contribution in [3.63, 3.8) is 0 Å². The fourth-order valence-electron chi connectivity index (χ4n) is 2.07. The number of carbonyl (C=O) groups is 1. The lowest BCUT2D eigenvalue weighted by Crippen LogP contribution is -2.52. The van der Waals surface area contributed by atoms with Crippen LogP contribution in [0.3, 0.4) is 0 Å². The molecule has 1 amide bonds. The van der Waals surface area contributed by atoms with E-state index < -0.39 is 0 Å². The molecule has 1 rings (SSSR count). The van der Waals surface area contributed by atoms with Gasteiger partial charge in [0.1, 0.15) is 0 Å². The number of nitriles is 2. The number of aliphatic hydroxyl groups is 1. The van der Waals surface area contributed by atoms with Crippen LogP contribution in [0.2, 0.25) is 0 Å². The van der Waals surface area contributed by atoms with Crippen molar-refractivity contribution in [3.8, 4) is 12.1 Å². The summed E-state index contributed by atoms with van der Waals surface area (Å²) in [6, 6.07) is 3.84. The van der Waals surface area contributed by atoms with Gasteiger partial charge >= 0.3 is 0 Å². The van der Waals surface area contributed by atoms with Gasteiger partial charge in [0.2, 0.25) is 5.91 Å². The van der Waals surface area contributed by atoms with Crippen molar-refractivity contribution >= 4 is 5.91 Å².